The zero-order valence-corrected chi connectivity index (χ0v) is 17.0. The van der Waals surface area contributed by atoms with Crippen LogP contribution in [0.1, 0.15) is 26.2 Å². The lowest BCUT2D eigenvalue weighted by Crippen LogP contribution is -2.42. The number of hydrogen-bond acceptors (Lipinski definition) is 2. The average Bonchev–Trinajstić information content (AvgIpc) is 3.10. The second-order valence-electron chi connectivity index (χ2n) is 7.65. The number of likely N-dealkylation sites (N-methyl/N-ethyl adjacent to an activating group) is 1. The van der Waals surface area contributed by atoms with Gasteiger partial charge in [0.15, 0.2) is 0 Å². The Morgan fingerprint density at radius 2 is 1.80 bits per heavy atom. The van der Waals surface area contributed by atoms with Crippen LogP contribution in [0.25, 0.3) is 22.2 Å². The third kappa shape index (κ3) is 4.84. The topological polar surface area (TPSA) is 56.3 Å². The SMILES string of the molecule is CC(CO)N(C)C(=O)C1CCC1.Fc1ccc(-c2cc3cc(F)cc(F)c3[nH]2)cc1. The number of benzene rings is 2. The zero-order valence-electron chi connectivity index (χ0n) is 17.0. The molecule has 1 saturated carbocycles. The van der Waals surface area contributed by atoms with Gasteiger partial charge in [0.05, 0.1) is 18.2 Å². The molecule has 1 aromatic heterocycles. The van der Waals surface area contributed by atoms with Crippen molar-refractivity contribution < 1.29 is 23.1 Å². The average molecular weight is 418 g/mol. The predicted octanol–water partition coefficient (Wildman–Crippen LogP) is 4.88. The van der Waals surface area contributed by atoms with E-state index in [0.717, 1.165) is 18.9 Å². The number of aliphatic hydroxyl groups is 1. The van der Waals surface area contributed by atoms with E-state index in [2.05, 4.69) is 4.98 Å². The number of rotatable bonds is 4. The lowest BCUT2D eigenvalue weighted by Gasteiger charge is -2.32. The van der Waals surface area contributed by atoms with Crippen LogP contribution in [0.2, 0.25) is 0 Å². The van der Waals surface area contributed by atoms with Gasteiger partial charge in [0, 0.05) is 30.1 Å². The van der Waals surface area contributed by atoms with Crippen LogP contribution in [-0.2, 0) is 4.79 Å². The maximum absolute atomic E-state index is 13.5. The first-order valence-electron chi connectivity index (χ1n) is 9.91. The summed E-state index contributed by atoms with van der Waals surface area (Å²) in [5.74, 6) is -1.16. The van der Waals surface area contributed by atoms with Gasteiger partial charge >= 0.3 is 0 Å². The van der Waals surface area contributed by atoms with E-state index in [4.69, 9.17) is 5.11 Å². The van der Waals surface area contributed by atoms with E-state index in [1.54, 1.807) is 30.1 Å². The van der Waals surface area contributed by atoms with Gasteiger partial charge in [0.25, 0.3) is 0 Å². The van der Waals surface area contributed by atoms with Crippen LogP contribution in [0, 0.1) is 23.4 Å². The standard InChI is InChI=1S/C14H8F3N.C9H17NO2/c15-10-3-1-8(2-4-10)13-6-9-5-11(16)7-12(17)14(9)18-13;1-7(6-11)10(2)9(12)8-4-3-5-8/h1-7,18H;7-8,11H,3-6H2,1-2H3. The maximum Gasteiger partial charge on any atom is 0.225 e. The summed E-state index contributed by atoms with van der Waals surface area (Å²) in [4.78, 5) is 16.1. The molecule has 30 heavy (non-hydrogen) atoms. The van der Waals surface area contributed by atoms with Crippen LogP contribution < -0.4 is 0 Å². The molecule has 1 aliphatic rings. The van der Waals surface area contributed by atoms with Crippen molar-refractivity contribution in [2.45, 2.75) is 32.2 Å². The second-order valence-corrected chi connectivity index (χ2v) is 7.65. The van der Waals surface area contributed by atoms with Crippen molar-refractivity contribution in [3.05, 3.63) is 59.9 Å². The Bertz CT molecular complexity index is 1010. The minimum atomic E-state index is -0.640. The molecule has 1 heterocycles. The van der Waals surface area contributed by atoms with Crippen molar-refractivity contribution >= 4 is 16.8 Å². The van der Waals surface area contributed by atoms with Gasteiger partial charge in [0.2, 0.25) is 5.91 Å². The number of aliphatic hydroxyl groups excluding tert-OH is 1. The molecule has 1 unspecified atom stereocenters. The van der Waals surface area contributed by atoms with Gasteiger partial charge < -0.3 is 15.0 Å². The summed E-state index contributed by atoms with van der Waals surface area (Å²) in [6, 6.07) is 9.46. The number of nitrogens with one attached hydrogen (secondary N) is 1. The Hall–Kier alpha value is -2.80. The molecule has 4 rings (SSSR count). The Labute approximate surface area is 173 Å². The predicted molar refractivity (Wildman–Crippen MR) is 110 cm³/mol. The fourth-order valence-electron chi connectivity index (χ4n) is 3.23. The van der Waals surface area contributed by atoms with Crippen LogP contribution in [-0.4, -0.2) is 40.6 Å². The molecule has 1 fully saturated rings. The number of carbonyl (C=O) groups is 1. The highest BCUT2D eigenvalue weighted by Crippen LogP contribution is 2.28. The van der Waals surface area contributed by atoms with Gasteiger partial charge in [-0.05, 0) is 61.7 Å². The van der Waals surface area contributed by atoms with Crippen molar-refractivity contribution in [2.75, 3.05) is 13.7 Å². The third-order valence-electron chi connectivity index (χ3n) is 5.53. The van der Waals surface area contributed by atoms with Gasteiger partial charge in [-0.15, -0.1) is 0 Å². The third-order valence-corrected chi connectivity index (χ3v) is 5.53. The summed E-state index contributed by atoms with van der Waals surface area (Å²) in [7, 11) is 1.77. The van der Waals surface area contributed by atoms with Crippen LogP contribution >= 0.6 is 0 Å². The lowest BCUT2D eigenvalue weighted by molar-refractivity contribution is -0.139. The first-order valence-corrected chi connectivity index (χ1v) is 9.91. The van der Waals surface area contributed by atoms with Crippen LogP contribution in [0.15, 0.2) is 42.5 Å². The molecule has 3 aromatic rings. The summed E-state index contributed by atoms with van der Waals surface area (Å²) >= 11 is 0. The molecule has 7 heteroatoms. The molecular formula is C23H25F3N2O2. The number of H-pyrrole nitrogens is 1. The van der Waals surface area contributed by atoms with E-state index in [1.165, 1.54) is 24.6 Å². The van der Waals surface area contributed by atoms with Crippen molar-refractivity contribution in [3.63, 3.8) is 0 Å². The van der Waals surface area contributed by atoms with Gasteiger partial charge in [-0.2, -0.15) is 0 Å². The van der Waals surface area contributed by atoms with Gasteiger partial charge in [-0.1, -0.05) is 6.42 Å². The number of fused-ring (bicyclic) bond motifs is 1. The molecule has 0 radical (unpaired) electrons. The normalized spacial score (nSPS) is 14.6. The minimum Gasteiger partial charge on any atom is -0.394 e. The number of carbonyl (C=O) groups excluding carboxylic acids is 1. The van der Waals surface area contributed by atoms with Crippen LogP contribution in [0.5, 0.6) is 0 Å². The smallest absolute Gasteiger partial charge is 0.225 e. The molecule has 160 valence electrons. The molecule has 0 saturated heterocycles. The van der Waals surface area contributed by atoms with Crippen molar-refractivity contribution in [1.82, 2.24) is 9.88 Å². The van der Waals surface area contributed by atoms with E-state index in [0.29, 0.717) is 16.6 Å². The van der Waals surface area contributed by atoms with E-state index in [1.807, 2.05) is 6.92 Å². The number of aromatic amines is 1. The summed E-state index contributed by atoms with van der Waals surface area (Å²) < 4.78 is 39.4. The summed E-state index contributed by atoms with van der Waals surface area (Å²) in [5, 5.41) is 9.28. The fraction of sp³-hybridized carbons (Fsp3) is 0.348. The number of hydrogen-bond donors (Lipinski definition) is 2. The summed E-state index contributed by atoms with van der Waals surface area (Å²) in [6.07, 6.45) is 3.24. The largest absolute Gasteiger partial charge is 0.394 e. The highest BCUT2D eigenvalue weighted by Gasteiger charge is 2.29. The van der Waals surface area contributed by atoms with E-state index in [9.17, 15) is 18.0 Å². The van der Waals surface area contributed by atoms with Gasteiger partial charge in [0.1, 0.15) is 17.5 Å². The van der Waals surface area contributed by atoms with Gasteiger partial charge in [-0.25, -0.2) is 13.2 Å². The van der Waals surface area contributed by atoms with Crippen molar-refractivity contribution in [2.24, 2.45) is 5.92 Å². The Morgan fingerprint density at radius 3 is 2.37 bits per heavy atom. The molecule has 2 N–H and O–H groups in total. The van der Waals surface area contributed by atoms with Gasteiger partial charge in [-0.3, -0.25) is 4.79 Å². The van der Waals surface area contributed by atoms with Crippen LogP contribution in [0.3, 0.4) is 0 Å². The fourth-order valence-corrected chi connectivity index (χ4v) is 3.23. The molecule has 1 aliphatic carbocycles. The monoisotopic (exact) mass is 418 g/mol. The molecule has 2 aromatic carbocycles. The lowest BCUT2D eigenvalue weighted by atomic mass is 9.84. The number of halogens is 3. The molecule has 1 amide bonds. The number of aromatic nitrogens is 1. The van der Waals surface area contributed by atoms with E-state index >= 15 is 0 Å². The van der Waals surface area contributed by atoms with E-state index < -0.39 is 11.6 Å². The zero-order chi connectivity index (χ0) is 21.8. The first-order chi connectivity index (χ1) is 14.3. The van der Waals surface area contributed by atoms with Crippen LogP contribution in [0.4, 0.5) is 13.2 Å². The van der Waals surface area contributed by atoms with E-state index in [-0.39, 0.29) is 35.8 Å². The Balaban J connectivity index is 0.000000187. The Morgan fingerprint density at radius 1 is 1.13 bits per heavy atom. The molecule has 0 bridgehead atoms. The minimum absolute atomic E-state index is 0.0434. The molecule has 1 atom stereocenters. The molecule has 0 spiro atoms. The second kappa shape index (κ2) is 9.34. The number of amides is 1. The highest BCUT2D eigenvalue weighted by atomic mass is 19.1. The van der Waals surface area contributed by atoms with Crippen molar-refractivity contribution in [3.8, 4) is 11.3 Å². The van der Waals surface area contributed by atoms with Crippen molar-refractivity contribution in [1.29, 1.82) is 0 Å². The highest BCUT2D eigenvalue weighted by molar-refractivity contribution is 5.86. The maximum atomic E-state index is 13.5. The Kier molecular flexibility index (Phi) is 6.82. The summed E-state index contributed by atoms with van der Waals surface area (Å²) in [6.45, 7) is 1.91. The number of nitrogens with zero attached hydrogens (tertiary/aromatic N) is 1. The molecular weight excluding hydrogens is 393 g/mol. The molecule has 0 aliphatic heterocycles. The molecule has 4 nitrogen and oxygen atoms in total. The quantitative estimate of drug-likeness (QED) is 0.635. The summed E-state index contributed by atoms with van der Waals surface area (Å²) in [5.41, 5.74) is 1.58. The first kappa shape index (κ1) is 21.9.